The maximum absolute atomic E-state index is 6.21. The molecular weight excluding hydrogens is 263 g/mol. The standard InChI is InChI=1S/C10H18N4O.2ClH/c1-9(2,11)8-13-7(14-15-8)10(12)5-3-4-6-10;;/h3-6,11-12H2,1-2H3;2*1H. The van der Waals surface area contributed by atoms with Gasteiger partial charge in [-0.2, -0.15) is 4.98 Å². The topological polar surface area (TPSA) is 91.0 Å². The van der Waals surface area contributed by atoms with E-state index in [0.717, 1.165) is 25.7 Å². The molecule has 1 fully saturated rings. The third kappa shape index (κ3) is 3.31. The molecule has 0 spiro atoms. The van der Waals surface area contributed by atoms with Crippen LogP contribution in [0.25, 0.3) is 0 Å². The number of aromatic nitrogens is 2. The first-order valence-corrected chi connectivity index (χ1v) is 5.34. The number of nitrogens with zero attached hydrogens (tertiary/aromatic N) is 2. The molecule has 1 aromatic heterocycles. The lowest BCUT2D eigenvalue weighted by Gasteiger charge is -2.18. The van der Waals surface area contributed by atoms with Crippen LogP contribution in [0.4, 0.5) is 0 Å². The lowest BCUT2D eigenvalue weighted by molar-refractivity contribution is 0.303. The minimum Gasteiger partial charge on any atom is -0.337 e. The van der Waals surface area contributed by atoms with E-state index in [0.29, 0.717) is 11.7 Å². The highest BCUT2D eigenvalue weighted by Gasteiger charge is 2.37. The molecule has 0 bridgehead atoms. The first-order chi connectivity index (χ1) is 6.92. The molecule has 0 unspecified atom stereocenters. The molecular formula is C10H20Cl2N4O. The average Bonchev–Trinajstić information content (AvgIpc) is 2.69. The van der Waals surface area contributed by atoms with Crippen LogP contribution in [0, 0.1) is 0 Å². The summed E-state index contributed by atoms with van der Waals surface area (Å²) in [6.45, 7) is 3.67. The highest BCUT2D eigenvalue weighted by molar-refractivity contribution is 5.85. The average molecular weight is 283 g/mol. The molecule has 0 saturated heterocycles. The monoisotopic (exact) mass is 282 g/mol. The highest BCUT2D eigenvalue weighted by atomic mass is 35.5. The molecule has 1 saturated carbocycles. The number of rotatable bonds is 2. The Bertz CT molecular complexity index is 355. The van der Waals surface area contributed by atoms with E-state index in [1.165, 1.54) is 0 Å². The molecule has 0 atom stereocenters. The summed E-state index contributed by atoms with van der Waals surface area (Å²) in [6.07, 6.45) is 4.12. The SMILES string of the molecule is CC(C)(N)c1nc(C2(N)CCCC2)no1.Cl.Cl. The summed E-state index contributed by atoms with van der Waals surface area (Å²) in [5.74, 6) is 1.06. The molecule has 5 nitrogen and oxygen atoms in total. The van der Waals surface area contributed by atoms with E-state index in [1.54, 1.807) is 0 Å². The Balaban J connectivity index is 0.00000128. The van der Waals surface area contributed by atoms with Crippen molar-refractivity contribution in [2.24, 2.45) is 11.5 Å². The van der Waals surface area contributed by atoms with Crippen LogP contribution in [0.3, 0.4) is 0 Å². The van der Waals surface area contributed by atoms with Gasteiger partial charge in [0, 0.05) is 0 Å². The second kappa shape index (κ2) is 5.52. The Morgan fingerprint density at radius 3 is 2.18 bits per heavy atom. The maximum Gasteiger partial charge on any atom is 0.246 e. The summed E-state index contributed by atoms with van der Waals surface area (Å²) in [6, 6.07) is 0. The molecule has 0 radical (unpaired) electrons. The Morgan fingerprint density at radius 1 is 1.24 bits per heavy atom. The van der Waals surface area contributed by atoms with Crippen LogP contribution in [-0.4, -0.2) is 10.1 Å². The van der Waals surface area contributed by atoms with Gasteiger partial charge in [0.1, 0.15) is 0 Å². The molecule has 0 aliphatic heterocycles. The van der Waals surface area contributed by atoms with Crippen LogP contribution in [0.5, 0.6) is 0 Å². The lowest BCUT2D eigenvalue weighted by atomic mass is 9.98. The van der Waals surface area contributed by atoms with Crippen molar-refractivity contribution < 1.29 is 4.52 Å². The maximum atomic E-state index is 6.21. The second-order valence-corrected chi connectivity index (χ2v) is 5.01. The Labute approximate surface area is 114 Å². The Hall–Kier alpha value is -0.360. The van der Waals surface area contributed by atoms with E-state index in [9.17, 15) is 0 Å². The molecule has 2 rings (SSSR count). The minimum atomic E-state index is -0.597. The van der Waals surface area contributed by atoms with E-state index in [1.807, 2.05) is 13.8 Å². The van der Waals surface area contributed by atoms with Crippen LogP contribution < -0.4 is 11.5 Å². The molecule has 17 heavy (non-hydrogen) atoms. The largest absolute Gasteiger partial charge is 0.337 e. The molecule has 7 heteroatoms. The van der Waals surface area contributed by atoms with E-state index in [-0.39, 0.29) is 24.8 Å². The second-order valence-electron chi connectivity index (χ2n) is 5.01. The van der Waals surface area contributed by atoms with Gasteiger partial charge in [0.2, 0.25) is 5.89 Å². The molecule has 1 aliphatic carbocycles. The first-order valence-electron chi connectivity index (χ1n) is 5.34. The van der Waals surface area contributed by atoms with Gasteiger partial charge in [-0.15, -0.1) is 24.8 Å². The first kappa shape index (κ1) is 16.6. The van der Waals surface area contributed by atoms with E-state index < -0.39 is 11.1 Å². The predicted octanol–water partition coefficient (Wildman–Crippen LogP) is 1.83. The minimum absolute atomic E-state index is 0. The van der Waals surface area contributed by atoms with Crippen molar-refractivity contribution in [2.45, 2.75) is 50.6 Å². The van der Waals surface area contributed by atoms with Crippen molar-refractivity contribution in [3.05, 3.63) is 11.7 Å². The smallest absolute Gasteiger partial charge is 0.246 e. The van der Waals surface area contributed by atoms with Crippen molar-refractivity contribution in [1.82, 2.24) is 10.1 Å². The Morgan fingerprint density at radius 2 is 1.76 bits per heavy atom. The lowest BCUT2D eigenvalue weighted by Crippen LogP contribution is -2.35. The Kier molecular flexibility index (Phi) is 5.40. The molecule has 100 valence electrons. The van der Waals surface area contributed by atoms with Crippen LogP contribution >= 0.6 is 24.8 Å². The van der Waals surface area contributed by atoms with E-state index in [4.69, 9.17) is 16.0 Å². The molecule has 0 amide bonds. The van der Waals surface area contributed by atoms with E-state index in [2.05, 4.69) is 10.1 Å². The molecule has 1 aliphatic rings. The highest BCUT2D eigenvalue weighted by Crippen LogP contribution is 2.35. The normalized spacial score (nSPS) is 18.4. The van der Waals surface area contributed by atoms with Crippen LogP contribution in [0.1, 0.15) is 51.2 Å². The fourth-order valence-electron chi connectivity index (χ4n) is 1.92. The molecule has 1 aromatic rings. The van der Waals surface area contributed by atoms with Crippen molar-refractivity contribution in [1.29, 1.82) is 0 Å². The predicted molar refractivity (Wildman–Crippen MR) is 70.3 cm³/mol. The van der Waals surface area contributed by atoms with Gasteiger partial charge >= 0.3 is 0 Å². The van der Waals surface area contributed by atoms with Gasteiger partial charge in [0.25, 0.3) is 0 Å². The van der Waals surface area contributed by atoms with Gasteiger partial charge < -0.3 is 16.0 Å². The number of hydrogen-bond acceptors (Lipinski definition) is 5. The van der Waals surface area contributed by atoms with Gasteiger partial charge in [0.05, 0.1) is 11.1 Å². The van der Waals surface area contributed by atoms with Crippen LogP contribution in [-0.2, 0) is 11.1 Å². The summed E-state index contributed by atoms with van der Waals surface area (Å²) >= 11 is 0. The zero-order valence-electron chi connectivity index (χ0n) is 10.1. The van der Waals surface area contributed by atoms with Gasteiger partial charge in [-0.25, -0.2) is 0 Å². The zero-order chi connectivity index (χ0) is 11.1. The van der Waals surface area contributed by atoms with Crippen molar-refractivity contribution in [3.63, 3.8) is 0 Å². The summed E-state index contributed by atoms with van der Waals surface area (Å²) in [4.78, 5) is 4.31. The molecule has 0 aromatic carbocycles. The van der Waals surface area contributed by atoms with E-state index >= 15 is 0 Å². The third-order valence-electron chi connectivity index (χ3n) is 2.92. The molecule has 1 heterocycles. The van der Waals surface area contributed by atoms with Gasteiger partial charge in [-0.1, -0.05) is 18.0 Å². The van der Waals surface area contributed by atoms with Crippen molar-refractivity contribution >= 4 is 24.8 Å². The zero-order valence-corrected chi connectivity index (χ0v) is 11.7. The summed E-state index contributed by atoms with van der Waals surface area (Å²) in [5, 5.41) is 3.95. The van der Waals surface area contributed by atoms with Crippen LogP contribution in [0.15, 0.2) is 4.52 Å². The molecule has 4 N–H and O–H groups in total. The number of nitrogens with two attached hydrogens (primary N) is 2. The summed E-state index contributed by atoms with van der Waals surface area (Å²) < 4.78 is 5.14. The van der Waals surface area contributed by atoms with Gasteiger partial charge in [-0.3, -0.25) is 0 Å². The quantitative estimate of drug-likeness (QED) is 0.864. The third-order valence-corrected chi connectivity index (χ3v) is 2.92. The van der Waals surface area contributed by atoms with Crippen molar-refractivity contribution in [2.75, 3.05) is 0 Å². The summed E-state index contributed by atoms with van der Waals surface area (Å²) in [7, 11) is 0. The fraction of sp³-hybridized carbons (Fsp3) is 0.800. The number of hydrogen-bond donors (Lipinski definition) is 2. The summed E-state index contributed by atoms with van der Waals surface area (Å²) in [5.41, 5.74) is 11.1. The van der Waals surface area contributed by atoms with Gasteiger partial charge in [-0.05, 0) is 26.7 Å². The fourth-order valence-corrected chi connectivity index (χ4v) is 1.92. The van der Waals surface area contributed by atoms with Crippen LogP contribution in [0.2, 0.25) is 0 Å². The number of halogens is 2. The van der Waals surface area contributed by atoms with Crippen molar-refractivity contribution in [3.8, 4) is 0 Å². The van der Waals surface area contributed by atoms with Gasteiger partial charge in [0.15, 0.2) is 5.82 Å².